The minimum absolute atomic E-state index is 0.375. The number of ether oxygens (including phenoxy) is 1. The van der Waals surface area contributed by atoms with E-state index in [9.17, 15) is 4.79 Å². The Morgan fingerprint density at radius 2 is 2.00 bits per heavy atom. The molecule has 0 aliphatic heterocycles. The van der Waals surface area contributed by atoms with Crippen molar-refractivity contribution in [1.82, 2.24) is 4.98 Å². The van der Waals surface area contributed by atoms with Gasteiger partial charge >= 0.3 is 5.97 Å². The topological polar surface area (TPSA) is 39.2 Å². The van der Waals surface area contributed by atoms with Crippen molar-refractivity contribution >= 4 is 40.3 Å². The van der Waals surface area contributed by atoms with Gasteiger partial charge in [-0.25, -0.2) is 9.78 Å². The van der Waals surface area contributed by atoms with Crippen molar-refractivity contribution in [2.75, 3.05) is 7.11 Å². The lowest BCUT2D eigenvalue weighted by molar-refractivity contribution is -0.133. The number of esters is 1. The maximum absolute atomic E-state index is 12.1. The van der Waals surface area contributed by atoms with E-state index >= 15 is 0 Å². The number of carbonyl (C=O) groups excluding carboxylic acids is 1. The Hall–Kier alpha value is -2.24. The molecule has 110 valence electrons. The van der Waals surface area contributed by atoms with Crippen molar-refractivity contribution in [1.29, 1.82) is 0 Å². The van der Waals surface area contributed by atoms with Gasteiger partial charge in [-0.3, -0.25) is 0 Å². The van der Waals surface area contributed by atoms with E-state index in [-0.39, 0.29) is 5.97 Å². The largest absolute Gasteiger partial charge is 0.465 e. The summed E-state index contributed by atoms with van der Waals surface area (Å²) in [6.45, 7) is 0. The van der Waals surface area contributed by atoms with E-state index < -0.39 is 0 Å². The molecule has 0 N–H and O–H groups in total. The fourth-order valence-electron chi connectivity index (χ4n) is 1.98. The van der Waals surface area contributed by atoms with Gasteiger partial charge in [-0.2, -0.15) is 11.3 Å². The maximum Gasteiger partial charge on any atom is 0.340 e. The molecule has 0 radical (unpaired) electrons. The Balaban J connectivity index is 1.99. The number of aromatic nitrogens is 1. The van der Waals surface area contributed by atoms with Gasteiger partial charge in [0, 0.05) is 10.9 Å². The highest BCUT2D eigenvalue weighted by Crippen LogP contribution is 2.28. The number of benzene rings is 1. The molecular formula is C17H13NO2S2. The van der Waals surface area contributed by atoms with Crippen LogP contribution in [-0.4, -0.2) is 18.1 Å². The summed E-state index contributed by atoms with van der Waals surface area (Å²) < 4.78 is 4.89. The lowest BCUT2D eigenvalue weighted by Crippen LogP contribution is -2.03. The summed E-state index contributed by atoms with van der Waals surface area (Å²) in [6.07, 6.45) is 1.82. The molecule has 0 spiro atoms. The molecule has 0 saturated carbocycles. The molecule has 0 aliphatic rings. The third kappa shape index (κ3) is 3.16. The predicted octanol–water partition coefficient (Wildman–Crippen LogP) is 4.59. The highest BCUT2D eigenvalue weighted by Gasteiger charge is 2.17. The molecule has 2 aromatic heterocycles. The molecule has 2 heterocycles. The number of nitrogens with zero attached hydrogens (tertiary/aromatic N) is 1. The Kier molecular flexibility index (Phi) is 4.46. The van der Waals surface area contributed by atoms with E-state index in [1.807, 2.05) is 58.6 Å². The minimum Gasteiger partial charge on any atom is -0.465 e. The second-order valence-corrected chi connectivity index (χ2v) is 6.15. The van der Waals surface area contributed by atoms with Crippen LogP contribution in [0.4, 0.5) is 0 Å². The standard InChI is InChI=1S/C17H13NO2S2/c1-20-17(19)14(9-12-7-8-21-10-12)16-18-15(11-22-16)13-5-3-2-4-6-13/h2-11H,1H3/b14-9-. The van der Waals surface area contributed by atoms with E-state index in [0.29, 0.717) is 10.6 Å². The van der Waals surface area contributed by atoms with Crippen molar-refractivity contribution in [3.8, 4) is 11.3 Å². The first kappa shape index (κ1) is 14.7. The summed E-state index contributed by atoms with van der Waals surface area (Å²) in [7, 11) is 1.38. The maximum atomic E-state index is 12.1. The van der Waals surface area contributed by atoms with Crippen LogP contribution in [-0.2, 0) is 9.53 Å². The number of rotatable bonds is 4. The van der Waals surface area contributed by atoms with Crippen molar-refractivity contribution in [2.24, 2.45) is 0 Å². The lowest BCUT2D eigenvalue weighted by Gasteiger charge is -2.01. The SMILES string of the molecule is COC(=O)/C(=C\c1ccsc1)c1nc(-c2ccccc2)cs1. The third-order valence-corrected chi connectivity index (χ3v) is 4.64. The average Bonchev–Trinajstić information content (AvgIpc) is 3.24. The fraction of sp³-hybridized carbons (Fsp3) is 0.0588. The van der Waals surface area contributed by atoms with Gasteiger partial charge in [0.1, 0.15) is 5.01 Å². The molecule has 3 nitrogen and oxygen atoms in total. The van der Waals surface area contributed by atoms with Gasteiger partial charge in [-0.05, 0) is 28.5 Å². The number of carbonyl (C=O) groups is 1. The van der Waals surface area contributed by atoms with Crippen molar-refractivity contribution in [3.63, 3.8) is 0 Å². The van der Waals surface area contributed by atoms with E-state index in [1.165, 1.54) is 18.4 Å². The van der Waals surface area contributed by atoms with Crippen LogP contribution in [0.5, 0.6) is 0 Å². The fourth-order valence-corrected chi connectivity index (χ4v) is 3.43. The van der Waals surface area contributed by atoms with Crippen molar-refractivity contribution < 1.29 is 9.53 Å². The number of thiophene rings is 1. The Morgan fingerprint density at radius 3 is 2.68 bits per heavy atom. The number of thiazole rings is 1. The van der Waals surface area contributed by atoms with E-state index in [2.05, 4.69) is 4.98 Å². The number of hydrogen-bond acceptors (Lipinski definition) is 5. The molecule has 3 rings (SSSR count). The highest BCUT2D eigenvalue weighted by atomic mass is 32.1. The molecular weight excluding hydrogens is 314 g/mol. The van der Waals surface area contributed by atoms with Crippen LogP contribution in [0.1, 0.15) is 10.6 Å². The zero-order valence-corrected chi connectivity index (χ0v) is 13.5. The van der Waals surface area contributed by atoms with Gasteiger partial charge in [-0.1, -0.05) is 30.3 Å². The zero-order valence-electron chi connectivity index (χ0n) is 11.9. The molecule has 0 unspecified atom stereocenters. The van der Waals surface area contributed by atoms with E-state index in [1.54, 1.807) is 11.3 Å². The zero-order chi connectivity index (χ0) is 15.4. The number of methoxy groups -OCH3 is 1. The normalized spacial score (nSPS) is 11.4. The molecule has 1 aromatic carbocycles. The summed E-state index contributed by atoms with van der Waals surface area (Å²) in [4.78, 5) is 16.6. The lowest BCUT2D eigenvalue weighted by atomic mass is 10.1. The van der Waals surface area contributed by atoms with Crippen LogP contribution in [0.25, 0.3) is 22.9 Å². The Bertz CT molecular complexity index is 789. The molecule has 5 heteroatoms. The van der Waals surface area contributed by atoms with Gasteiger partial charge in [0.25, 0.3) is 0 Å². The molecule has 0 fully saturated rings. The summed E-state index contributed by atoms with van der Waals surface area (Å²) in [6, 6.07) is 11.9. The monoisotopic (exact) mass is 327 g/mol. The first-order valence-electron chi connectivity index (χ1n) is 6.61. The quantitative estimate of drug-likeness (QED) is 0.520. The molecule has 0 aliphatic carbocycles. The summed E-state index contributed by atoms with van der Waals surface area (Å²) in [5.74, 6) is -0.375. The molecule has 3 aromatic rings. The third-order valence-electron chi connectivity index (χ3n) is 3.06. The Labute approximate surface area is 136 Å². The van der Waals surface area contributed by atoms with E-state index in [4.69, 9.17) is 4.74 Å². The van der Waals surface area contributed by atoms with Gasteiger partial charge in [0.2, 0.25) is 0 Å². The van der Waals surface area contributed by atoms with Crippen LogP contribution in [0.2, 0.25) is 0 Å². The minimum atomic E-state index is -0.375. The van der Waals surface area contributed by atoms with Gasteiger partial charge < -0.3 is 4.74 Å². The smallest absolute Gasteiger partial charge is 0.340 e. The summed E-state index contributed by atoms with van der Waals surface area (Å²) in [5, 5.41) is 6.57. The molecule has 0 amide bonds. The summed E-state index contributed by atoms with van der Waals surface area (Å²) in [5.41, 5.74) is 3.35. The van der Waals surface area contributed by atoms with Crippen LogP contribution in [0, 0.1) is 0 Å². The van der Waals surface area contributed by atoms with Crippen LogP contribution in [0.15, 0.2) is 52.5 Å². The second kappa shape index (κ2) is 6.68. The van der Waals surface area contributed by atoms with Crippen LogP contribution < -0.4 is 0 Å². The van der Waals surface area contributed by atoms with Crippen LogP contribution >= 0.6 is 22.7 Å². The second-order valence-electron chi connectivity index (χ2n) is 4.51. The summed E-state index contributed by atoms with van der Waals surface area (Å²) >= 11 is 3.03. The van der Waals surface area contributed by atoms with Crippen molar-refractivity contribution in [3.05, 3.63) is 63.1 Å². The van der Waals surface area contributed by atoms with Crippen LogP contribution in [0.3, 0.4) is 0 Å². The Morgan fingerprint density at radius 1 is 1.18 bits per heavy atom. The predicted molar refractivity (Wildman–Crippen MR) is 91.8 cm³/mol. The molecule has 22 heavy (non-hydrogen) atoms. The average molecular weight is 327 g/mol. The van der Waals surface area contributed by atoms with E-state index in [0.717, 1.165) is 16.8 Å². The first-order valence-corrected chi connectivity index (χ1v) is 8.43. The van der Waals surface area contributed by atoms with Gasteiger partial charge in [0.05, 0.1) is 18.4 Å². The molecule has 0 atom stereocenters. The molecule has 0 saturated heterocycles. The van der Waals surface area contributed by atoms with Crippen molar-refractivity contribution in [2.45, 2.75) is 0 Å². The van der Waals surface area contributed by atoms with Gasteiger partial charge in [-0.15, -0.1) is 11.3 Å². The number of hydrogen-bond donors (Lipinski definition) is 0. The molecule has 0 bridgehead atoms. The first-order chi connectivity index (χ1) is 10.8. The van der Waals surface area contributed by atoms with Gasteiger partial charge in [0.15, 0.2) is 0 Å². The highest BCUT2D eigenvalue weighted by molar-refractivity contribution is 7.11.